The van der Waals surface area contributed by atoms with Crippen LogP contribution < -0.4 is 11.1 Å². The van der Waals surface area contributed by atoms with Crippen molar-refractivity contribution in [3.05, 3.63) is 59.4 Å². The SMILES string of the molecule is Cc1ccc(NCc2ccccn2)c(C(N)=S)c1. The van der Waals surface area contributed by atoms with Gasteiger partial charge in [-0.15, -0.1) is 0 Å². The molecular formula is C14H15N3S. The van der Waals surface area contributed by atoms with Crippen LogP contribution in [-0.2, 0) is 6.54 Å². The molecule has 0 atom stereocenters. The number of hydrogen-bond acceptors (Lipinski definition) is 3. The third-order valence-electron chi connectivity index (χ3n) is 2.63. The van der Waals surface area contributed by atoms with Crippen LogP contribution in [0.15, 0.2) is 42.6 Å². The van der Waals surface area contributed by atoms with Crippen molar-refractivity contribution >= 4 is 22.9 Å². The van der Waals surface area contributed by atoms with Crippen LogP contribution in [0.2, 0.25) is 0 Å². The summed E-state index contributed by atoms with van der Waals surface area (Å²) in [6.07, 6.45) is 1.78. The summed E-state index contributed by atoms with van der Waals surface area (Å²) >= 11 is 5.06. The number of benzene rings is 1. The van der Waals surface area contributed by atoms with E-state index in [0.29, 0.717) is 11.5 Å². The Morgan fingerprint density at radius 2 is 2.17 bits per heavy atom. The first-order valence-corrected chi connectivity index (χ1v) is 6.12. The molecule has 0 spiro atoms. The second-order valence-electron chi connectivity index (χ2n) is 4.09. The lowest BCUT2D eigenvalue weighted by Gasteiger charge is -2.11. The highest BCUT2D eigenvalue weighted by Gasteiger charge is 2.05. The maximum Gasteiger partial charge on any atom is 0.106 e. The fourth-order valence-electron chi connectivity index (χ4n) is 1.70. The van der Waals surface area contributed by atoms with Crippen LogP contribution in [0.3, 0.4) is 0 Å². The van der Waals surface area contributed by atoms with Crippen LogP contribution in [0.4, 0.5) is 5.69 Å². The Labute approximate surface area is 112 Å². The van der Waals surface area contributed by atoms with Gasteiger partial charge in [0.05, 0.1) is 12.2 Å². The van der Waals surface area contributed by atoms with E-state index < -0.39 is 0 Å². The topological polar surface area (TPSA) is 50.9 Å². The number of anilines is 1. The molecule has 4 heteroatoms. The van der Waals surface area contributed by atoms with Crippen molar-refractivity contribution in [3.8, 4) is 0 Å². The summed E-state index contributed by atoms with van der Waals surface area (Å²) in [4.78, 5) is 4.66. The van der Waals surface area contributed by atoms with Gasteiger partial charge in [0.1, 0.15) is 4.99 Å². The second-order valence-corrected chi connectivity index (χ2v) is 4.53. The number of aryl methyl sites for hydroxylation is 1. The van der Waals surface area contributed by atoms with Crippen LogP contribution in [0.1, 0.15) is 16.8 Å². The predicted molar refractivity (Wildman–Crippen MR) is 78.6 cm³/mol. The van der Waals surface area contributed by atoms with Gasteiger partial charge in [0.15, 0.2) is 0 Å². The van der Waals surface area contributed by atoms with Crippen molar-refractivity contribution in [2.45, 2.75) is 13.5 Å². The number of nitrogens with zero attached hydrogens (tertiary/aromatic N) is 1. The van der Waals surface area contributed by atoms with E-state index in [0.717, 1.165) is 22.5 Å². The summed E-state index contributed by atoms with van der Waals surface area (Å²) in [6, 6.07) is 11.9. The Bertz CT molecular complexity index is 552. The molecule has 92 valence electrons. The van der Waals surface area contributed by atoms with Gasteiger partial charge < -0.3 is 11.1 Å². The van der Waals surface area contributed by atoms with Crippen molar-refractivity contribution in [3.63, 3.8) is 0 Å². The Hall–Kier alpha value is -1.94. The minimum atomic E-state index is 0.405. The average Bonchev–Trinajstić information content (AvgIpc) is 2.38. The monoisotopic (exact) mass is 257 g/mol. The average molecular weight is 257 g/mol. The van der Waals surface area contributed by atoms with E-state index in [1.807, 2.05) is 43.3 Å². The Morgan fingerprint density at radius 3 is 2.83 bits per heavy atom. The van der Waals surface area contributed by atoms with E-state index in [9.17, 15) is 0 Å². The van der Waals surface area contributed by atoms with Crippen LogP contribution in [0.5, 0.6) is 0 Å². The van der Waals surface area contributed by atoms with Gasteiger partial charge in [0.2, 0.25) is 0 Å². The molecule has 0 unspecified atom stereocenters. The van der Waals surface area contributed by atoms with Crippen LogP contribution in [-0.4, -0.2) is 9.97 Å². The highest BCUT2D eigenvalue weighted by Crippen LogP contribution is 2.18. The molecule has 2 aromatic rings. The first-order valence-electron chi connectivity index (χ1n) is 5.71. The number of thiocarbonyl (C=S) groups is 1. The van der Waals surface area contributed by atoms with Gasteiger partial charge in [-0.1, -0.05) is 29.9 Å². The maximum absolute atomic E-state index is 5.73. The Kier molecular flexibility index (Phi) is 3.89. The summed E-state index contributed by atoms with van der Waals surface area (Å²) in [5, 5.41) is 3.31. The number of pyridine rings is 1. The highest BCUT2D eigenvalue weighted by molar-refractivity contribution is 7.80. The first kappa shape index (κ1) is 12.5. The number of hydrogen-bond donors (Lipinski definition) is 2. The van der Waals surface area contributed by atoms with E-state index >= 15 is 0 Å². The summed E-state index contributed by atoms with van der Waals surface area (Å²) in [5.41, 5.74) is 9.67. The number of nitrogens with one attached hydrogen (secondary N) is 1. The molecule has 3 N–H and O–H groups in total. The van der Waals surface area contributed by atoms with Gasteiger partial charge in [0, 0.05) is 17.4 Å². The molecule has 2 rings (SSSR count). The summed E-state index contributed by atoms with van der Waals surface area (Å²) in [7, 11) is 0. The molecule has 0 fully saturated rings. The van der Waals surface area contributed by atoms with Gasteiger partial charge in [0.25, 0.3) is 0 Å². The fourth-order valence-corrected chi connectivity index (χ4v) is 1.87. The zero-order chi connectivity index (χ0) is 13.0. The van der Waals surface area contributed by atoms with E-state index in [1.54, 1.807) is 6.20 Å². The van der Waals surface area contributed by atoms with Crippen molar-refractivity contribution in [1.29, 1.82) is 0 Å². The van der Waals surface area contributed by atoms with Gasteiger partial charge >= 0.3 is 0 Å². The number of nitrogens with two attached hydrogens (primary N) is 1. The van der Waals surface area contributed by atoms with E-state index in [2.05, 4.69) is 10.3 Å². The predicted octanol–water partition coefficient (Wildman–Crippen LogP) is 2.64. The Morgan fingerprint density at radius 1 is 1.33 bits per heavy atom. The third kappa shape index (κ3) is 3.05. The van der Waals surface area contributed by atoms with Crippen molar-refractivity contribution in [1.82, 2.24) is 4.98 Å². The molecule has 1 aromatic carbocycles. The lowest BCUT2D eigenvalue weighted by atomic mass is 10.1. The van der Waals surface area contributed by atoms with Crippen molar-refractivity contribution in [2.75, 3.05) is 5.32 Å². The van der Waals surface area contributed by atoms with E-state index in [-0.39, 0.29) is 0 Å². The fraction of sp³-hybridized carbons (Fsp3) is 0.143. The normalized spacial score (nSPS) is 10.1. The van der Waals surface area contributed by atoms with Gasteiger partial charge in [-0.2, -0.15) is 0 Å². The van der Waals surface area contributed by atoms with Crippen molar-refractivity contribution < 1.29 is 0 Å². The van der Waals surface area contributed by atoms with E-state index in [1.165, 1.54) is 0 Å². The Balaban J connectivity index is 2.17. The molecule has 0 aliphatic rings. The van der Waals surface area contributed by atoms with E-state index in [4.69, 9.17) is 18.0 Å². The van der Waals surface area contributed by atoms with Crippen LogP contribution in [0.25, 0.3) is 0 Å². The lowest BCUT2D eigenvalue weighted by Crippen LogP contribution is -2.13. The molecule has 0 amide bonds. The molecule has 18 heavy (non-hydrogen) atoms. The zero-order valence-corrected chi connectivity index (χ0v) is 11.0. The molecule has 0 bridgehead atoms. The summed E-state index contributed by atoms with van der Waals surface area (Å²) < 4.78 is 0. The largest absolute Gasteiger partial charge is 0.389 e. The summed E-state index contributed by atoms with van der Waals surface area (Å²) in [5.74, 6) is 0. The molecule has 1 aromatic heterocycles. The van der Waals surface area contributed by atoms with Crippen LogP contribution >= 0.6 is 12.2 Å². The quantitative estimate of drug-likeness (QED) is 0.827. The second kappa shape index (κ2) is 5.60. The standard InChI is InChI=1S/C14H15N3S/c1-10-5-6-13(12(8-10)14(15)18)17-9-11-4-2-3-7-16-11/h2-8,17H,9H2,1H3,(H2,15,18). The smallest absolute Gasteiger partial charge is 0.106 e. The zero-order valence-electron chi connectivity index (χ0n) is 10.2. The third-order valence-corrected chi connectivity index (χ3v) is 2.85. The molecular weight excluding hydrogens is 242 g/mol. The first-order chi connectivity index (χ1) is 8.66. The molecule has 0 saturated heterocycles. The highest BCUT2D eigenvalue weighted by atomic mass is 32.1. The summed E-state index contributed by atoms with van der Waals surface area (Å²) in [6.45, 7) is 2.67. The molecule has 3 nitrogen and oxygen atoms in total. The van der Waals surface area contributed by atoms with Crippen molar-refractivity contribution in [2.24, 2.45) is 5.73 Å². The number of rotatable bonds is 4. The van der Waals surface area contributed by atoms with Gasteiger partial charge in [-0.05, 0) is 31.2 Å². The lowest BCUT2D eigenvalue weighted by molar-refractivity contribution is 1.04. The molecule has 0 saturated carbocycles. The van der Waals surface area contributed by atoms with Crippen LogP contribution in [0, 0.1) is 6.92 Å². The minimum absolute atomic E-state index is 0.405. The molecule has 0 aliphatic carbocycles. The van der Waals surface area contributed by atoms with Gasteiger partial charge in [-0.3, -0.25) is 4.98 Å². The minimum Gasteiger partial charge on any atom is -0.389 e. The maximum atomic E-state index is 5.73. The molecule has 0 aliphatic heterocycles. The molecule has 0 radical (unpaired) electrons. The van der Waals surface area contributed by atoms with Gasteiger partial charge in [-0.25, -0.2) is 0 Å². The number of aromatic nitrogens is 1. The molecule has 1 heterocycles.